The van der Waals surface area contributed by atoms with Crippen molar-refractivity contribution >= 4 is 21.6 Å². The SMILES string of the molecule is CCCCCNS(=O)(=O)c1cccc(C(=O)Nc2ccc(F)cc2F)c1. The summed E-state index contributed by atoms with van der Waals surface area (Å²) in [6, 6.07) is 8.18. The van der Waals surface area contributed by atoms with Crippen molar-refractivity contribution in [1.29, 1.82) is 0 Å². The average Bonchev–Trinajstić information content (AvgIpc) is 2.61. The smallest absolute Gasteiger partial charge is 0.255 e. The van der Waals surface area contributed by atoms with Crippen LogP contribution in [0.25, 0.3) is 0 Å². The summed E-state index contributed by atoms with van der Waals surface area (Å²) < 4.78 is 53.6. The lowest BCUT2D eigenvalue weighted by Crippen LogP contribution is -2.25. The first-order valence-corrected chi connectivity index (χ1v) is 9.68. The summed E-state index contributed by atoms with van der Waals surface area (Å²) in [7, 11) is -3.74. The summed E-state index contributed by atoms with van der Waals surface area (Å²) in [4.78, 5) is 12.2. The van der Waals surface area contributed by atoms with Crippen LogP contribution in [0.5, 0.6) is 0 Å². The maximum atomic E-state index is 13.6. The van der Waals surface area contributed by atoms with Crippen LogP contribution < -0.4 is 10.0 Å². The van der Waals surface area contributed by atoms with E-state index in [1.807, 2.05) is 6.92 Å². The van der Waals surface area contributed by atoms with Gasteiger partial charge in [-0.15, -0.1) is 0 Å². The molecule has 0 aromatic heterocycles. The van der Waals surface area contributed by atoms with Crippen LogP contribution in [0.1, 0.15) is 36.5 Å². The number of unbranched alkanes of at least 4 members (excludes halogenated alkanes) is 2. The molecule has 0 aliphatic heterocycles. The predicted octanol–water partition coefficient (Wildman–Crippen LogP) is 3.69. The highest BCUT2D eigenvalue weighted by molar-refractivity contribution is 7.89. The maximum Gasteiger partial charge on any atom is 0.255 e. The van der Waals surface area contributed by atoms with Gasteiger partial charge >= 0.3 is 0 Å². The zero-order valence-corrected chi connectivity index (χ0v) is 15.1. The fraction of sp³-hybridized carbons (Fsp3) is 0.278. The molecule has 0 aliphatic rings. The molecule has 2 aromatic carbocycles. The van der Waals surface area contributed by atoms with E-state index in [9.17, 15) is 22.0 Å². The largest absolute Gasteiger partial charge is 0.319 e. The van der Waals surface area contributed by atoms with Crippen LogP contribution >= 0.6 is 0 Å². The minimum atomic E-state index is -3.74. The van der Waals surface area contributed by atoms with E-state index in [2.05, 4.69) is 10.0 Å². The number of anilines is 1. The third-order valence-corrected chi connectivity index (χ3v) is 5.12. The van der Waals surface area contributed by atoms with E-state index < -0.39 is 27.6 Å². The van der Waals surface area contributed by atoms with Crippen LogP contribution in [0.3, 0.4) is 0 Å². The Hall–Kier alpha value is -2.32. The average molecular weight is 382 g/mol. The molecule has 5 nitrogen and oxygen atoms in total. The van der Waals surface area contributed by atoms with E-state index in [-0.39, 0.29) is 16.1 Å². The number of carbonyl (C=O) groups excluding carboxylic acids is 1. The van der Waals surface area contributed by atoms with Crippen molar-refractivity contribution < 1.29 is 22.0 Å². The number of benzene rings is 2. The Balaban J connectivity index is 2.13. The molecule has 0 aliphatic carbocycles. The third-order valence-electron chi connectivity index (χ3n) is 3.66. The Morgan fingerprint density at radius 3 is 2.54 bits per heavy atom. The molecule has 0 saturated heterocycles. The summed E-state index contributed by atoms with van der Waals surface area (Å²) in [6.07, 6.45) is 2.60. The zero-order valence-electron chi connectivity index (χ0n) is 14.3. The highest BCUT2D eigenvalue weighted by Gasteiger charge is 2.16. The number of halogens is 2. The van der Waals surface area contributed by atoms with Gasteiger partial charge in [-0.1, -0.05) is 25.8 Å². The van der Waals surface area contributed by atoms with Crippen LogP contribution in [-0.2, 0) is 10.0 Å². The highest BCUT2D eigenvalue weighted by atomic mass is 32.2. The number of carbonyl (C=O) groups is 1. The van der Waals surface area contributed by atoms with Crippen molar-refractivity contribution in [3.8, 4) is 0 Å². The Bertz CT molecular complexity index is 886. The maximum absolute atomic E-state index is 13.6. The standard InChI is InChI=1S/C18H20F2N2O3S/c1-2-3-4-10-21-26(24,25)15-7-5-6-13(11-15)18(23)22-17-9-8-14(19)12-16(17)20/h5-9,11-12,21H,2-4,10H2,1H3,(H,22,23). The molecule has 0 unspecified atom stereocenters. The van der Waals surface area contributed by atoms with E-state index in [0.717, 1.165) is 31.4 Å². The molecule has 2 rings (SSSR count). The van der Waals surface area contributed by atoms with Crippen LogP contribution in [0.15, 0.2) is 47.4 Å². The molecule has 140 valence electrons. The second kappa shape index (κ2) is 8.86. The summed E-state index contributed by atoms with van der Waals surface area (Å²) in [5.74, 6) is -2.37. The normalized spacial score (nSPS) is 11.3. The van der Waals surface area contributed by atoms with Gasteiger partial charge in [0, 0.05) is 18.2 Å². The van der Waals surface area contributed by atoms with Gasteiger partial charge in [0.2, 0.25) is 10.0 Å². The number of amides is 1. The van der Waals surface area contributed by atoms with Crippen molar-refractivity contribution in [2.75, 3.05) is 11.9 Å². The molecule has 0 bridgehead atoms. The molecule has 0 radical (unpaired) electrons. The second-order valence-corrected chi connectivity index (χ2v) is 7.48. The minimum absolute atomic E-state index is 0.0464. The summed E-state index contributed by atoms with van der Waals surface area (Å²) in [5, 5.41) is 2.30. The Morgan fingerprint density at radius 2 is 1.85 bits per heavy atom. The van der Waals surface area contributed by atoms with Gasteiger partial charge in [0.25, 0.3) is 5.91 Å². The molecule has 0 heterocycles. The molecule has 26 heavy (non-hydrogen) atoms. The van der Waals surface area contributed by atoms with Crippen molar-refractivity contribution in [3.63, 3.8) is 0 Å². The van der Waals surface area contributed by atoms with Crippen molar-refractivity contribution in [2.45, 2.75) is 31.1 Å². The minimum Gasteiger partial charge on any atom is -0.319 e. The number of hydrogen-bond donors (Lipinski definition) is 2. The van der Waals surface area contributed by atoms with Gasteiger partial charge in [-0.2, -0.15) is 0 Å². The highest BCUT2D eigenvalue weighted by Crippen LogP contribution is 2.17. The van der Waals surface area contributed by atoms with E-state index in [1.54, 1.807) is 0 Å². The van der Waals surface area contributed by atoms with Gasteiger partial charge in [0.05, 0.1) is 10.6 Å². The van der Waals surface area contributed by atoms with Gasteiger partial charge in [0.15, 0.2) is 0 Å². The second-order valence-electron chi connectivity index (χ2n) is 5.71. The summed E-state index contributed by atoms with van der Waals surface area (Å²) in [6.45, 7) is 2.33. The summed E-state index contributed by atoms with van der Waals surface area (Å²) in [5.41, 5.74) is -0.146. The molecular formula is C18H20F2N2O3S. The molecule has 1 amide bonds. The lowest BCUT2D eigenvalue weighted by atomic mass is 10.2. The third kappa shape index (κ3) is 5.34. The number of hydrogen-bond acceptors (Lipinski definition) is 3. The van der Waals surface area contributed by atoms with Gasteiger partial charge in [-0.05, 0) is 36.8 Å². The summed E-state index contributed by atoms with van der Waals surface area (Å²) >= 11 is 0. The lowest BCUT2D eigenvalue weighted by molar-refractivity contribution is 0.102. The first-order valence-electron chi connectivity index (χ1n) is 8.19. The van der Waals surface area contributed by atoms with Crippen LogP contribution in [0.4, 0.5) is 14.5 Å². The van der Waals surface area contributed by atoms with Crippen LogP contribution in [0, 0.1) is 11.6 Å². The molecule has 2 aromatic rings. The molecule has 0 saturated carbocycles. The molecule has 2 N–H and O–H groups in total. The van der Waals surface area contributed by atoms with E-state index in [0.29, 0.717) is 12.6 Å². The monoisotopic (exact) mass is 382 g/mol. The van der Waals surface area contributed by atoms with Gasteiger partial charge < -0.3 is 5.32 Å². The molecule has 0 fully saturated rings. The van der Waals surface area contributed by atoms with Gasteiger partial charge in [-0.3, -0.25) is 4.79 Å². The van der Waals surface area contributed by atoms with Crippen molar-refractivity contribution in [3.05, 3.63) is 59.7 Å². The van der Waals surface area contributed by atoms with Crippen molar-refractivity contribution in [2.24, 2.45) is 0 Å². The fourth-order valence-electron chi connectivity index (χ4n) is 2.25. The van der Waals surface area contributed by atoms with E-state index in [4.69, 9.17) is 0 Å². The Labute approximate surface area is 151 Å². The number of nitrogens with one attached hydrogen (secondary N) is 2. The number of sulfonamides is 1. The van der Waals surface area contributed by atoms with Crippen LogP contribution in [0.2, 0.25) is 0 Å². The van der Waals surface area contributed by atoms with E-state index >= 15 is 0 Å². The van der Waals surface area contributed by atoms with E-state index in [1.165, 1.54) is 24.3 Å². The molecular weight excluding hydrogens is 362 g/mol. The fourth-order valence-corrected chi connectivity index (χ4v) is 3.37. The van der Waals surface area contributed by atoms with Gasteiger partial charge in [-0.25, -0.2) is 21.9 Å². The first kappa shape index (κ1) is 20.0. The lowest BCUT2D eigenvalue weighted by Gasteiger charge is -2.09. The topological polar surface area (TPSA) is 75.3 Å². The Morgan fingerprint density at radius 1 is 1.08 bits per heavy atom. The zero-order chi connectivity index (χ0) is 19.2. The molecule has 0 atom stereocenters. The molecule has 0 spiro atoms. The first-order chi connectivity index (χ1) is 12.3. The quantitative estimate of drug-likeness (QED) is 0.684. The molecule has 8 heteroatoms. The van der Waals surface area contributed by atoms with Gasteiger partial charge in [0.1, 0.15) is 11.6 Å². The van der Waals surface area contributed by atoms with Crippen LogP contribution in [-0.4, -0.2) is 20.9 Å². The Kier molecular flexibility index (Phi) is 6.82. The predicted molar refractivity (Wildman–Crippen MR) is 95.5 cm³/mol. The number of rotatable bonds is 8. The van der Waals surface area contributed by atoms with Crippen molar-refractivity contribution in [1.82, 2.24) is 4.72 Å².